The average molecular weight is 218 g/mol. The smallest absolute Gasteiger partial charge is 0.161 e. The number of hydrogen-bond acceptors (Lipinski definition) is 3. The van der Waals surface area contributed by atoms with Gasteiger partial charge in [0.15, 0.2) is 5.65 Å². The molecule has 0 amide bonds. The van der Waals surface area contributed by atoms with Crippen LogP contribution in [0.1, 0.15) is 32.2 Å². The van der Waals surface area contributed by atoms with Gasteiger partial charge in [-0.2, -0.15) is 0 Å². The molecule has 0 radical (unpaired) electrons. The van der Waals surface area contributed by atoms with Gasteiger partial charge in [0.25, 0.3) is 0 Å². The van der Waals surface area contributed by atoms with E-state index in [1.807, 2.05) is 22.7 Å². The molecule has 2 N–H and O–H groups in total. The van der Waals surface area contributed by atoms with Crippen molar-refractivity contribution in [2.45, 2.75) is 33.7 Å². The zero-order valence-electron chi connectivity index (χ0n) is 10.1. The predicted octanol–water partition coefficient (Wildman–Crippen LogP) is 1.78. The fourth-order valence-corrected chi connectivity index (χ4v) is 1.70. The number of nitrogens with zero attached hydrogens (tertiary/aromatic N) is 3. The van der Waals surface area contributed by atoms with Gasteiger partial charge < -0.3 is 5.73 Å². The van der Waals surface area contributed by atoms with E-state index < -0.39 is 0 Å². The monoisotopic (exact) mass is 218 g/mol. The summed E-state index contributed by atoms with van der Waals surface area (Å²) in [7, 11) is 0. The van der Waals surface area contributed by atoms with Crippen molar-refractivity contribution in [3.8, 4) is 0 Å². The van der Waals surface area contributed by atoms with Crippen LogP contribution in [0.25, 0.3) is 5.65 Å². The van der Waals surface area contributed by atoms with Gasteiger partial charge in [-0.15, -0.1) is 10.2 Å². The summed E-state index contributed by atoms with van der Waals surface area (Å²) < 4.78 is 2.03. The lowest BCUT2D eigenvalue weighted by Crippen LogP contribution is -2.12. The molecular formula is C12H18N4. The Kier molecular flexibility index (Phi) is 2.68. The third kappa shape index (κ3) is 2.22. The minimum absolute atomic E-state index is 0.218. The summed E-state index contributed by atoms with van der Waals surface area (Å²) >= 11 is 0. The number of aromatic nitrogens is 3. The minimum Gasteiger partial charge on any atom is -0.326 e. The van der Waals surface area contributed by atoms with Crippen LogP contribution in [-0.4, -0.2) is 14.6 Å². The van der Waals surface area contributed by atoms with Gasteiger partial charge in [0.2, 0.25) is 0 Å². The molecule has 16 heavy (non-hydrogen) atoms. The number of fused-ring (bicyclic) bond motifs is 1. The Morgan fingerprint density at radius 1 is 1.31 bits per heavy atom. The molecule has 4 heteroatoms. The maximum atomic E-state index is 5.59. The highest BCUT2D eigenvalue weighted by molar-refractivity contribution is 5.41. The standard InChI is InChI=1S/C12H18N4/c1-12(2,3)7-11-15-14-10-6-9(8-13)4-5-16(10)11/h4-6H,7-8,13H2,1-3H3. The molecular weight excluding hydrogens is 200 g/mol. The van der Waals surface area contributed by atoms with Gasteiger partial charge in [0, 0.05) is 19.2 Å². The molecule has 0 unspecified atom stereocenters. The molecule has 2 rings (SSSR count). The van der Waals surface area contributed by atoms with Crippen molar-refractivity contribution in [3.63, 3.8) is 0 Å². The van der Waals surface area contributed by atoms with Crippen molar-refractivity contribution in [3.05, 3.63) is 29.7 Å². The van der Waals surface area contributed by atoms with Gasteiger partial charge in [-0.1, -0.05) is 20.8 Å². The Morgan fingerprint density at radius 3 is 2.69 bits per heavy atom. The lowest BCUT2D eigenvalue weighted by atomic mass is 9.92. The number of hydrogen-bond donors (Lipinski definition) is 1. The van der Waals surface area contributed by atoms with E-state index in [9.17, 15) is 0 Å². The van der Waals surface area contributed by atoms with E-state index in [2.05, 4.69) is 31.0 Å². The number of nitrogens with two attached hydrogens (primary N) is 1. The minimum atomic E-state index is 0.218. The van der Waals surface area contributed by atoms with Gasteiger partial charge >= 0.3 is 0 Å². The van der Waals surface area contributed by atoms with Crippen molar-refractivity contribution in [2.24, 2.45) is 11.1 Å². The lowest BCUT2D eigenvalue weighted by Gasteiger charge is -2.16. The van der Waals surface area contributed by atoms with Crippen molar-refractivity contribution in [1.82, 2.24) is 14.6 Å². The van der Waals surface area contributed by atoms with Gasteiger partial charge in [-0.25, -0.2) is 0 Å². The first-order chi connectivity index (χ1) is 7.49. The van der Waals surface area contributed by atoms with Crippen molar-refractivity contribution < 1.29 is 0 Å². The Labute approximate surface area is 95.5 Å². The van der Waals surface area contributed by atoms with Crippen LogP contribution in [0.2, 0.25) is 0 Å². The molecule has 0 fully saturated rings. The summed E-state index contributed by atoms with van der Waals surface area (Å²) in [5, 5.41) is 8.40. The number of pyridine rings is 1. The molecule has 2 heterocycles. The molecule has 0 aliphatic rings. The first-order valence-electron chi connectivity index (χ1n) is 5.52. The maximum Gasteiger partial charge on any atom is 0.161 e. The van der Waals surface area contributed by atoms with Gasteiger partial charge in [-0.05, 0) is 23.1 Å². The van der Waals surface area contributed by atoms with Crippen LogP contribution < -0.4 is 5.73 Å². The predicted molar refractivity (Wildman–Crippen MR) is 64.0 cm³/mol. The summed E-state index contributed by atoms with van der Waals surface area (Å²) in [5.41, 5.74) is 7.77. The molecule has 0 bridgehead atoms. The second-order valence-electron chi connectivity index (χ2n) is 5.32. The van der Waals surface area contributed by atoms with E-state index in [4.69, 9.17) is 5.73 Å². The topological polar surface area (TPSA) is 56.2 Å². The highest BCUT2D eigenvalue weighted by Gasteiger charge is 2.15. The zero-order chi connectivity index (χ0) is 11.8. The molecule has 0 aliphatic heterocycles. The SMILES string of the molecule is CC(C)(C)Cc1nnc2cc(CN)ccn12. The van der Waals surface area contributed by atoms with E-state index in [1.54, 1.807) is 0 Å². The highest BCUT2D eigenvalue weighted by Crippen LogP contribution is 2.20. The van der Waals surface area contributed by atoms with Gasteiger partial charge in [-0.3, -0.25) is 4.40 Å². The Bertz CT molecular complexity index is 493. The van der Waals surface area contributed by atoms with Crippen LogP contribution in [0.3, 0.4) is 0 Å². The van der Waals surface area contributed by atoms with Crippen LogP contribution in [0, 0.1) is 5.41 Å². The largest absolute Gasteiger partial charge is 0.326 e. The van der Waals surface area contributed by atoms with Crippen LogP contribution in [0.4, 0.5) is 0 Å². The summed E-state index contributed by atoms with van der Waals surface area (Å²) in [6.07, 6.45) is 2.91. The van der Waals surface area contributed by atoms with Crippen molar-refractivity contribution in [1.29, 1.82) is 0 Å². The lowest BCUT2D eigenvalue weighted by molar-refractivity contribution is 0.399. The van der Waals surface area contributed by atoms with E-state index >= 15 is 0 Å². The fourth-order valence-electron chi connectivity index (χ4n) is 1.70. The zero-order valence-corrected chi connectivity index (χ0v) is 10.1. The summed E-state index contributed by atoms with van der Waals surface area (Å²) in [6.45, 7) is 7.13. The third-order valence-electron chi connectivity index (χ3n) is 2.47. The third-order valence-corrected chi connectivity index (χ3v) is 2.47. The molecule has 0 spiro atoms. The Balaban J connectivity index is 2.42. The van der Waals surface area contributed by atoms with Crippen LogP contribution in [-0.2, 0) is 13.0 Å². The molecule has 0 saturated heterocycles. The first-order valence-corrected chi connectivity index (χ1v) is 5.52. The highest BCUT2D eigenvalue weighted by atomic mass is 15.2. The molecule has 2 aromatic rings. The van der Waals surface area contributed by atoms with E-state index in [0.29, 0.717) is 6.54 Å². The summed E-state index contributed by atoms with van der Waals surface area (Å²) in [5.74, 6) is 1.01. The molecule has 0 aromatic carbocycles. The second kappa shape index (κ2) is 3.87. The number of rotatable bonds is 2. The maximum absolute atomic E-state index is 5.59. The Hall–Kier alpha value is -1.42. The van der Waals surface area contributed by atoms with Crippen LogP contribution >= 0.6 is 0 Å². The molecule has 0 atom stereocenters. The molecule has 86 valence electrons. The molecule has 2 aromatic heterocycles. The van der Waals surface area contributed by atoms with E-state index in [-0.39, 0.29) is 5.41 Å². The quantitative estimate of drug-likeness (QED) is 0.836. The second-order valence-corrected chi connectivity index (χ2v) is 5.32. The molecule has 0 aliphatic carbocycles. The van der Waals surface area contributed by atoms with Gasteiger partial charge in [0.05, 0.1) is 0 Å². The summed E-state index contributed by atoms with van der Waals surface area (Å²) in [4.78, 5) is 0. The average Bonchev–Trinajstić information content (AvgIpc) is 2.58. The summed E-state index contributed by atoms with van der Waals surface area (Å²) in [6, 6.07) is 4.00. The van der Waals surface area contributed by atoms with Crippen LogP contribution in [0.5, 0.6) is 0 Å². The van der Waals surface area contributed by atoms with E-state index in [0.717, 1.165) is 23.5 Å². The molecule has 4 nitrogen and oxygen atoms in total. The van der Waals surface area contributed by atoms with Crippen molar-refractivity contribution in [2.75, 3.05) is 0 Å². The first kappa shape index (κ1) is 11.1. The molecule has 0 saturated carbocycles. The normalized spacial score (nSPS) is 12.2. The van der Waals surface area contributed by atoms with E-state index in [1.165, 1.54) is 0 Å². The van der Waals surface area contributed by atoms with Crippen LogP contribution in [0.15, 0.2) is 18.3 Å². The fraction of sp³-hybridized carbons (Fsp3) is 0.500. The van der Waals surface area contributed by atoms with Gasteiger partial charge in [0.1, 0.15) is 5.82 Å². The van der Waals surface area contributed by atoms with Crippen molar-refractivity contribution >= 4 is 5.65 Å². The Morgan fingerprint density at radius 2 is 2.06 bits per heavy atom.